The third kappa shape index (κ3) is 9.20. The fourth-order valence-corrected chi connectivity index (χ4v) is 4.81. The van der Waals surface area contributed by atoms with Gasteiger partial charge in [0.1, 0.15) is 11.9 Å². The molecular weight excluding hydrogens is 471 g/mol. The van der Waals surface area contributed by atoms with Gasteiger partial charge >= 0.3 is 0 Å². The number of sulfonamides is 1. The van der Waals surface area contributed by atoms with Gasteiger partial charge in [0, 0.05) is 30.0 Å². The van der Waals surface area contributed by atoms with Crippen LogP contribution in [0.2, 0.25) is 0 Å². The molecule has 1 fully saturated rings. The number of benzene rings is 2. The number of nitrogens with one attached hydrogen (secondary N) is 4. The van der Waals surface area contributed by atoms with Gasteiger partial charge in [0.2, 0.25) is 15.9 Å². The molecule has 0 saturated heterocycles. The average molecular weight is 505 g/mol. The maximum atomic E-state index is 13.0. The molecule has 1 aliphatic carbocycles. The van der Waals surface area contributed by atoms with Crippen molar-refractivity contribution in [3.8, 4) is 0 Å². The Bertz CT molecular complexity index is 1100. The van der Waals surface area contributed by atoms with E-state index in [9.17, 15) is 22.4 Å². The van der Waals surface area contributed by atoms with Crippen LogP contribution in [-0.4, -0.2) is 45.6 Å². The summed E-state index contributed by atoms with van der Waals surface area (Å²) in [6.07, 6.45) is 7.06. The molecule has 0 aromatic heterocycles. The maximum Gasteiger partial charge on any atom is 0.252 e. The Morgan fingerprint density at radius 1 is 1.00 bits per heavy atom. The number of carbonyl (C=O) groups excluding carboxylic acids is 2. The minimum absolute atomic E-state index is 0.262. The summed E-state index contributed by atoms with van der Waals surface area (Å²) in [5, 5.41) is 8.83. The van der Waals surface area contributed by atoms with Crippen molar-refractivity contribution in [2.75, 3.05) is 29.4 Å². The molecular formula is C25H33FN4O4S. The van der Waals surface area contributed by atoms with Gasteiger partial charge < -0.3 is 16.0 Å². The highest BCUT2D eigenvalue weighted by Crippen LogP contribution is 2.27. The minimum Gasteiger partial charge on any atom is -0.383 e. The van der Waals surface area contributed by atoms with Gasteiger partial charge in [0.25, 0.3) is 5.91 Å². The SMILES string of the molecule is CS(=O)(=O)Nc1cccc(C(=O)N[C@@H](CC2CCCCC2)C(=O)NCCNc2ccc(F)cc2)c1. The summed E-state index contributed by atoms with van der Waals surface area (Å²) in [6.45, 7) is 0.779. The first-order valence-electron chi connectivity index (χ1n) is 11.9. The number of carbonyl (C=O) groups is 2. The summed E-state index contributed by atoms with van der Waals surface area (Å²) in [7, 11) is -3.48. The zero-order chi connectivity index (χ0) is 25.3. The molecule has 2 aromatic carbocycles. The van der Waals surface area contributed by atoms with Gasteiger partial charge in [0.15, 0.2) is 0 Å². The summed E-state index contributed by atoms with van der Waals surface area (Å²) in [5.74, 6) is -0.670. The number of hydrogen-bond donors (Lipinski definition) is 4. The van der Waals surface area contributed by atoms with E-state index in [0.717, 1.165) is 37.6 Å². The first-order chi connectivity index (χ1) is 16.7. The predicted molar refractivity (Wildman–Crippen MR) is 135 cm³/mol. The second-order valence-corrected chi connectivity index (χ2v) is 10.7. The van der Waals surface area contributed by atoms with Crippen LogP contribution in [0.25, 0.3) is 0 Å². The highest BCUT2D eigenvalue weighted by atomic mass is 32.2. The molecule has 1 saturated carbocycles. The molecule has 0 unspecified atom stereocenters. The topological polar surface area (TPSA) is 116 Å². The summed E-state index contributed by atoms with van der Waals surface area (Å²) in [4.78, 5) is 25.9. The molecule has 4 N–H and O–H groups in total. The quantitative estimate of drug-likeness (QED) is 0.350. The van der Waals surface area contributed by atoms with Crippen LogP contribution in [0.5, 0.6) is 0 Å². The Labute approximate surface area is 206 Å². The van der Waals surface area contributed by atoms with Crippen LogP contribution in [-0.2, 0) is 14.8 Å². The third-order valence-corrected chi connectivity index (χ3v) is 6.55. The van der Waals surface area contributed by atoms with E-state index in [1.807, 2.05) is 0 Å². The van der Waals surface area contributed by atoms with Crippen LogP contribution in [0.4, 0.5) is 15.8 Å². The summed E-state index contributed by atoms with van der Waals surface area (Å²) in [5.41, 5.74) is 1.29. The van der Waals surface area contributed by atoms with E-state index < -0.39 is 22.0 Å². The van der Waals surface area contributed by atoms with Crippen molar-refractivity contribution in [3.05, 3.63) is 59.9 Å². The zero-order valence-corrected chi connectivity index (χ0v) is 20.7. The summed E-state index contributed by atoms with van der Waals surface area (Å²) in [6, 6.07) is 11.4. The lowest BCUT2D eigenvalue weighted by Crippen LogP contribution is -2.48. The van der Waals surface area contributed by atoms with Crippen molar-refractivity contribution in [1.29, 1.82) is 0 Å². The summed E-state index contributed by atoms with van der Waals surface area (Å²) >= 11 is 0. The maximum absolute atomic E-state index is 13.0. The van der Waals surface area contributed by atoms with Crippen molar-refractivity contribution in [1.82, 2.24) is 10.6 Å². The molecule has 0 spiro atoms. The highest BCUT2D eigenvalue weighted by Gasteiger charge is 2.26. The average Bonchev–Trinajstić information content (AvgIpc) is 2.82. The molecule has 0 heterocycles. The van der Waals surface area contributed by atoms with Gasteiger partial charge in [-0.25, -0.2) is 12.8 Å². The number of rotatable bonds is 11. The van der Waals surface area contributed by atoms with E-state index in [0.29, 0.717) is 25.4 Å². The number of anilines is 2. The van der Waals surface area contributed by atoms with Crippen LogP contribution in [0.15, 0.2) is 48.5 Å². The molecule has 0 radical (unpaired) electrons. The smallest absolute Gasteiger partial charge is 0.252 e. The molecule has 1 aliphatic rings. The lowest BCUT2D eigenvalue weighted by atomic mass is 9.84. The van der Waals surface area contributed by atoms with E-state index in [4.69, 9.17) is 0 Å². The van der Waals surface area contributed by atoms with Crippen molar-refractivity contribution < 1.29 is 22.4 Å². The Kier molecular flexibility index (Phi) is 9.47. The van der Waals surface area contributed by atoms with Crippen LogP contribution >= 0.6 is 0 Å². The van der Waals surface area contributed by atoms with Gasteiger partial charge in [-0.2, -0.15) is 0 Å². The fraction of sp³-hybridized carbons (Fsp3) is 0.440. The first-order valence-corrected chi connectivity index (χ1v) is 13.7. The molecule has 0 bridgehead atoms. The van der Waals surface area contributed by atoms with E-state index in [1.54, 1.807) is 30.3 Å². The molecule has 8 nitrogen and oxygen atoms in total. The van der Waals surface area contributed by atoms with E-state index in [-0.39, 0.29) is 23.0 Å². The molecule has 0 aliphatic heterocycles. The summed E-state index contributed by atoms with van der Waals surface area (Å²) < 4.78 is 38.4. The molecule has 10 heteroatoms. The Balaban J connectivity index is 1.61. The Morgan fingerprint density at radius 2 is 1.71 bits per heavy atom. The van der Waals surface area contributed by atoms with Crippen LogP contribution < -0.4 is 20.7 Å². The van der Waals surface area contributed by atoms with Gasteiger partial charge in [-0.1, -0.05) is 38.2 Å². The molecule has 3 rings (SSSR count). The lowest BCUT2D eigenvalue weighted by Gasteiger charge is -2.26. The van der Waals surface area contributed by atoms with Gasteiger partial charge in [-0.05, 0) is 54.8 Å². The van der Waals surface area contributed by atoms with E-state index in [1.165, 1.54) is 24.6 Å². The fourth-order valence-electron chi connectivity index (χ4n) is 4.25. The van der Waals surface area contributed by atoms with Crippen molar-refractivity contribution in [2.24, 2.45) is 5.92 Å². The lowest BCUT2D eigenvalue weighted by molar-refractivity contribution is -0.123. The Morgan fingerprint density at radius 3 is 2.40 bits per heavy atom. The van der Waals surface area contributed by atoms with Crippen molar-refractivity contribution in [2.45, 2.75) is 44.6 Å². The van der Waals surface area contributed by atoms with Gasteiger partial charge in [-0.15, -0.1) is 0 Å². The number of hydrogen-bond acceptors (Lipinski definition) is 5. The third-order valence-electron chi connectivity index (χ3n) is 5.94. The van der Waals surface area contributed by atoms with Crippen LogP contribution in [0, 0.1) is 11.7 Å². The normalized spacial score (nSPS) is 15.1. The first kappa shape index (κ1) is 26.5. The molecule has 2 aromatic rings. The molecule has 2 amide bonds. The van der Waals surface area contributed by atoms with Crippen LogP contribution in [0.1, 0.15) is 48.9 Å². The molecule has 35 heavy (non-hydrogen) atoms. The largest absolute Gasteiger partial charge is 0.383 e. The van der Waals surface area contributed by atoms with E-state index in [2.05, 4.69) is 20.7 Å². The Hall–Kier alpha value is -3.14. The van der Waals surface area contributed by atoms with Gasteiger partial charge in [0.05, 0.1) is 6.26 Å². The van der Waals surface area contributed by atoms with Crippen LogP contribution in [0.3, 0.4) is 0 Å². The number of amides is 2. The van der Waals surface area contributed by atoms with E-state index >= 15 is 0 Å². The molecule has 190 valence electrons. The second kappa shape index (κ2) is 12.5. The standard InChI is InChI=1S/C25H33FN4O4S/c1-35(33,34)30-22-9-5-8-19(17-22)24(31)29-23(16-18-6-3-2-4-7-18)25(32)28-15-14-27-21-12-10-20(26)11-13-21/h5,8-13,17-18,23,27,30H,2-4,6-7,14-16H2,1H3,(H,28,32)(H,29,31)/t23-/m0/s1. The van der Waals surface area contributed by atoms with Crippen molar-refractivity contribution in [3.63, 3.8) is 0 Å². The number of halogens is 1. The zero-order valence-electron chi connectivity index (χ0n) is 19.8. The van der Waals surface area contributed by atoms with Gasteiger partial charge in [-0.3, -0.25) is 14.3 Å². The second-order valence-electron chi connectivity index (χ2n) is 8.95. The highest BCUT2D eigenvalue weighted by molar-refractivity contribution is 7.92. The predicted octanol–water partition coefficient (Wildman–Crippen LogP) is 3.49. The minimum atomic E-state index is -3.48. The molecule has 1 atom stereocenters. The van der Waals surface area contributed by atoms with Crippen molar-refractivity contribution >= 4 is 33.2 Å². The monoisotopic (exact) mass is 504 g/mol.